The smallest absolute Gasteiger partial charge is 0.433 e. The highest BCUT2D eigenvalue weighted by Crippen LogP contribution is 2.28. The zero-order valence-corrected chi connectivity index (χ0v) is 17.1. The first-order valence-corrected chi connectivity index (χ1v) is 10.2. The molecule has 13 heteroatoms. The second-order valence-corrected chi connectivity index (χ2v) is 7.95. The molecule has 0 N–H and O–H groups in total. The lowest BCUT2D eigenvalue weighted by Gasteiger charge is -2.41. The van der Waals surface area contributed by atoms with Gasteiger partial charge in [0.05, 0.1) is 38.0 Å². The third-order valence-electron chi connectivity index (χ3n) is 5.65. The normalized spacial score (nSPS) is 20.6. The molecule has 2 aromatic heterocycles. The molecule has 0 unspecified atom stereocenters. The summed E-state index contributed by atoms with van der Waals surface area (Å²) in [7, 11) is 0. The number of amides is 1. The fourth-order valence-electron chi connectivity index (χ4n) is 4.23. The number of cyclic esters (lactones) is 1. The molecule has 170 valence electrons. The lowest BCUT2D eigenvalue weighted by molar-refractivity contribution is -0.948. The molecule has 2 aromatic rings. The highest BCUT2D eigenvalue weighted by atomic mass is 16.7. The number of likely N-dealkylation sites (tertiary alicyclic amines) is 1. The average molecular weight is 448 g/mol. The number of quaternary nitrogens is 1. The molecule has 1 amide bonds. The van der Waals surface area contributed by atoms with Crippen molar-refractivity contribution in [2.24, 2.45) is 5.10 Å². The second kappa shape index (κ2) is 8.78. The number of hydrogen-bond donors (Lipinski definition) is 0. The van der Waals surface area contributed by atoms with Crippen molar-refractivity contribution in [3.63, 3.8) is 0 Å². The van der Waals surface area contributed by atoms with Gasteiger partial charge < -0.3 is 18.1 Å². The maximum atomic E-state index is 12.3. The standard InChI is InChI=1S/C19H22N5O8/c25-19-21(20-10-14-4-6-17(30-14)22(26)27)11-16(32-19)13-24(8-2-1-3-9-24)12-15-5-7-18(31-15)23(28)29/h4-7,10,16H,1-3,8-9,11-13H2/q+1/b20-10+/t16-/m1/s1. The Hall–Kier alpha value is -3.74. The second-order valence-electron chi connectivity index (χ2n) is 7.95. The fraction of sp³-hybridized carbons (Fsp3) is 0.474. The van der Waals surface area contributed by atoms with Crippen LogP contribution in [0.25, 0.3) is 0 Å². The SMILES string of the molecule is O=C1O[C@@H](C[N+]2(Cc3ccc([N+](=O)[O-])o3)CCCCC2)CN1/N=C/c1ccc([N+](=O)[O-])o1. The van der Waals surface area contributed by atoms with Crippen LogP contribution < -0.4 is 0 Å². The molecule has 0 saturated carbocycles. The van der Waals surface area contributed by atoms with Crippen LogP contribution in [0.3, 0.4) is 0 Å². The predicted octanol–water partition coefficient (Wildman–Crippen LogP) is 3.04. The molecule has 4 heterocycles. The van der Waals surface area contributed by atoms with Crippen molar-refractivity contribution in [1.82, 2.24) is 5.01 Å². The van der Waals surface area contributed by atoms with Gasteiger partial charge in [-0.3, -0.25) is 20.2 Å². The topological polar surface area (TPSA) is 154 Å². The zero-order valence-electron chi connectivity index (χ0n) is 17.1. The first-order chi connectivity index (χ1) is 15.3. The van der Waals surface area contributed by atoms with Crippen molar-refractivity contribution >= 4 is 24.1 Å². The minimum absolute atomic E-state index is 0.145. The van der Waals surface area contributed by atoms with Crippen LogP contribution in [0.2, 0.25) is 0 Å². The number of carbonyl (C=O) groups excluding carboxylic acids is 1. The Morgan fingerprint density at radius 1 is 1.06 bits per heavy atom. The van der Waals surface area contributed by atoms with Gasteiger partial charge in [0, 0.05) is 0 Å². The van der Waals surface area contributed by atoms with Crippen molar-refractivity contribution in [2.45, 2.75) is 31.9 Å². The Balaban J connectivity index is 1.42. The van der Waals surface area contributed by atoms with Crippen LogP contribution in [0.5, 0.6) is 0 Å². The summed E-state index contributed by atoms with van der Waals surface area (Å²) < 4.78 is 16.5. The summed E-state index contributed by atoms with van der Waals surface area (Å²) in [6, 6.07) is 5.56. The lowest BCUT2D eigenvalue weighted by atomic mass is 10.1. The molecule has 2 fully saturated rings. The largest absolute Gasteiger partial charge is 0.437 e. The van der Waals surface area contributed by atoms with Crippen molar-refractivity contribution in [1.29, 1.82) is 0 Å². The van der Waals surface area contributed by atoms with Crippen LogP contribution in [0.4, 0.5) is 16.6 Å². The van der Waals surface area contributed by atoms with Gasteiger partial charge in [-0.1, -0.05) is 0 Å². The first-order valence-electron chi connectivity index (χ1n) is 10.2. The number of piperidine rings is 1. The number of hydrogen-bond acceptors (Lipinski definition) is 9. The number of furan rings is 2. The zero-order chi connectivity index (χ0) is 22.7. The number of hydrazone groups is 1. The number of ether oxygens (including phenoxy) is 1. The van der Waals surface area contributed by atoms with Gasteiger partial charge in [0.1, 0.15) is 22.9 Å². The molecular formula is C19H22N5O8+. The molecule has 2 aliphatic rings. The van der Waals surface area contributed by atoms with Crippen molar-refractivity contribution < 1.29 is 32.7 Å². The predicted molar refractivity (Wildman–Crippen MR) is 108 cm³/mol. The van der Waals surface area contributed by atoms with E-state index in [1.165, 1.54) is 24.4 Å². The molecule has 0 bridgehead atoms. The molecule has 0 radical (unpaired) electrons. The Labute approximate surface area is 181 Å². The van der Waals surface area contributed by atoms with Gasteiger partial charge in [0.25, 0.3) is 0 Å². The number of rotatable bonds is 8. The highest BCUT2D eigenvalue weighted by molar-refractivity contribution is 5.78. The first kappa shape index (κ1) is 21.5. The van der Waals surface area contributed by atoms with Crippen LogP contribution in [-0.4, -0.2) is 63.9 Å². The van der Waals surface area contributed by atoms with Crippen LogP contribution in [0, 0.1) is 20.2 Å². The molecule has 1 atom stereocenters. The van der Waals surface area contributed by atoms with E-state index >= 15 is 0 Å². The lowest BCUT2D eigenvalue weighted by Crippen LogP contribution is -2.54. The Morgan fingerprint density at radius 3 is 2.41 bits per heavy atom. The van der Waals surface area contributed by atoms with Gasteiger partial charge in [-0.05, 0) is 31.4 Å². The average Bonchev–Trinajstić information content (AvgIpc) is 3.47. The molecule has 0 spiro atoms. The van der Waals surface area contributed by atoms with E-state index < -0.39 is 27.9 Å². The molecule has 0 aliphatic carbocycles. The minimum atomic E-state index is -0.660. The van der Waals surface area contributed by atoms with Crippen LogP contribution in [-0.2, 0) is 11.3 Å². The molecule has 13 nitrogen and oxygen atoms in total. The number of nitrogens with zero attached hydrogens (tertiary/aromatic N) is 5. The van der Waals surface area contributed by atoms with Crippen molar-refractivity contribution in [3.05, 3.63) is 56.0 Å². The maximum Gasteiger partial charge on any atom is 0.433 e. The van der Waals surface area contributed by atoms with Gasteiger partial charge in [-0.15, -0.1) is 0 Å². The summed E-state index contributed by atoms with van der Waals surface area (Å²) in [6.45, 7) is 2.92. The number of nitro groups is 2. The third kappa shape index (κ3) is 4.77. The summed E-state index contributed by atoms with van der Waals surface area (Å²) in [6.07, 6.45) is 3.30. The molecule has 2 saturated heterocycles. The number of carbonyl (C=O) groups is 1. The summed E-state index contributed by atoms with van der Waals surface area (Å²) >= 11 is 0. The van der Waals surface area contributed by atoms with Crippen LogP contribution in [0.15, 0.2) is 38.2 Å². The summed E-state index contributed by atoms with van der Waals surface area (Å²) in [5.74, 6) is -0.0340. The molecule has 4 rings (SSSR count). The van der Waals surface area contributed by atoms with Gasteiger partial charge in [-0.2, -0.15) is 10.1 Å². The monoisotopic (exact) mass is 448 g/mol. The summed E-state index contributed by atoms with van der Waals surface area (Å²) in [5, 5.41) is 26.8. The molecular weight excluding hydrogens is 426 g/mol. The minimum Gasteiger partial charge on any atom is -0.437 e. The van der Waals surface area contributed by atoms with Crippen molar-refractivity contribution in [3.8, 4) is 0 Å². The quantitative estimate of drug-likeness (QED) is 0.258. The van der Waals surface area contributed by atoms with Gasteiger partial charge >= 0.3 is 17.9 Å². The van der Waals surface area contributed by atoms with Crippen molar-refractivity contribution in [2.75, 3.05) is 26.2 Å². The van der Waals surface area contributed by atoms with Crippen LogP contribution in [0.1, 0.15) is 30.8 Å². The van der Waals surface area contributed by atoms with E-state index in [-0.39, 0.29) is 18.2 Å². The third-order valence-corrected chi connectivity index (χ3v) is 5.65. The van der Waals surface area contributed by atoms with E-state index in [1.807, 2.05) is 0 Å². The Morgan fingerprint density at radius 2 is 1.75 bits per heavy atom. The van der Waals surface area contributed by atoms with E-state index in [4.69, 9.17) is 13.6 Å². The van der Waals surface area contributed by atoms with Gasteiger partial charge in [-0.25, -0.2) is 4.79 Å². The van der Waals surface area contributed by atoms with Crippen LogP contribution >= 0.6 is 0 Å². The van der Waals surface area contributed by atoms with E-state index in [9.17, 15) is 25.0 Å². The maximum absolute atomic E-state index is 12.3. The molecule has 32 heavy (non-hydrogen) atoms. The Bertz CT molecular complexity index is 1040. The van der Waals surface area contributed by atoms with Gasteiger partial charge in [0.15, 0.2) is 17.6 Å². The van der Waals surface area contributed by atoms with E-state index in [1.54, 1.807) is 6.07 Å². The summed E-state index contributed by atoms with van der Waals surface area (Å²) in [5.41, 5.74) is 0. The van der Waals surface area contributed by atoms with E-state index in [0.29, 0.717) is 23.3 Å². The van der Waals surface area contributed by atoms with E-state index in [0.717, 1.165) is 37.4 Å². The van der Waals surface area contributed by atoms with E-state index in [2.05, 4.69) is 5.10 Å². The summed E-state index contributed by atoms with van der Waals surface area (Å²) in [4.78, 5) is 32.7. The fourth-order valence-corrected chi connectivity index (χ4v) is 4.23. The Kier molecular flexibility index (Phi) is 5.90. The molecule has 0 aromatic carbocycles. The highest BCUT2D eigenvalue weighted by Gasteiger charge is 2.41. The van der Waals surface area contributed by atoms with Gasteiger partial charge in [0.2, 0.25) is 0 Å². The molecule has 2 aliphatic heterocycles.